The van der Waals surface area contributed by atoms with E-state index in [-0.39, 0.29) is 18.9 Å². The first-order chi connectivity index (χ1) is 9.36. The van der Waals surface area contributed by atoms with Crippen molar-refractivity contribution in [3.63, 3.8) is 0 Å². The highest BCUT2D eigenvalue weighted by atomic mass is 32.2. The van der Waals surface area contributed by atoms with E-state index in [1.807, 2.05) is 19.1 Å². The number of hydrogen-bond donors (Lipinski definition) is 1. The topological polar surface area (TPSA) is 66.5 Å². The number of sulfonamides is 1. The number of aryl methyl sites for hydroxylation is 1. The second kappa shape index (κ2) is 7.09. The van der Waals surface area contributed by atoms with E-state index >= 15 is 0 Å². The number of amides is 1. The maximum Gasteiger partial charge on any atom is 0.232 e. The minimum atomic E-state index is -3.42. The van der Waals surface area contributed by atoms with Crippen LogP contribution in [0.1, 0.15) is 12.0 Å². The minimum absolute atomic E-state index is 0.106. The molecular formula is C14H20N2O3S. The summed E-state index contributed by atoms with van der Waals surface area (Å²) in [4.78, 5) is 11.6. The van der Waals surface area contributed by atoms with Crippen LogP contribution in [0.25, 0.3) is 0 Å². The molecule has 1 N–H and O–H groups in total. The number of carbonyl (C=O) groups is 1. The van der Waals surface area contributed by atoms with Crippen LogP contribution in [-0.2, 0) is 14.8 Å². The molecule has 0 aliphatic carbocycles. The molecule has 5 nitrogen and oxygen atoms in total. The van der Waals surface area contributed by atoms with Crippen molar-refractivity contribution in [3.8, 4) is 0 Å². The van der Waals surface area contributed by atoms with E-state index in [4.69, 9.17) is 0 Å². The third-order valence-corrected chi connectivity index (χ3v) is 3.95. The van der Waals surface area contributed by atoms with Crippen LogP contribution in [0.4, 0.5) is 5.69 Å². The molecular weight excluding hydrogens is 276 g/mol. The fourth-order valence-electron chi connectivity index (χ4n) is 1.79. The highest BCUT2D eigenvalue weighted by Gasteiger charge is 2.19. The van der Waals surface area contributed by atoms with Gasteiger partial charge >= 0.3 is 0 Å². The molecule has 0 spiro atoms. The zero-order valence-electron chi connectivity index (χ0n) is 11.8. The van der Waals surface area contributed by atoms with Gasteiger partial charge in [-0.05, 0) is 18.6 Å². The first kappa shape index (κ1) is 16.2. The van der Waals surface area contributed by atoms with Gasteiger partial charge in [0.15, 0.2) is 0 Å². The molecule has 20 heavy (non-hydrogen) atoms. The fourth-order valence-corrected chi connectivity index (χ4v) is 2.77. The van der Waals surface area contributed by atoms with E-state index in [0.29, 0.717) is 12.2 Å². The van der Waals surface area contributed by atoms with Crippen molar-refractivity contribution in [2.24, 2.45) is 0 Å². The molecule has 0 saturated carbocycles. The van der Waals surface area contributed by atoms with Gasteiger partial charge in [-0.15, -0.1) is 6.58 Å². The summed E-state index contributed by atoms with van der Waals surface area (Å²) in [7, 11) is -3.42. The van der Waals surface area contributed by atoms with Crippen LogP contribution in [0.2, 0.25) is 0 Å². The van der Waals surface area contributed by atoms with Crippen LogP contribution in [0.5, 0.6) is 0 Å². The molecule has 0 aliphatic rings. The Balaban J connectivity index is 2.85. The number of benzene rings is 1. The van der Waals surface area contributed by atoms with E-state index < -0.39 is 10.0 Å². The number of nitrogens with zero attached hydrogens (tertiary/aromatic N) is 1. The molecule has 0 bridgehead atoms. The van der Waals surface area contributed by atoms with E-state index in [0.717, 1.165) is 11.8 Å². The monoisotopic (exact) mass is 296 g/mol. The van der Waals surface area contributed by atoms with Crippen molar-refractivity contribution >= 4 is 21.6 Å². The van der Waals surface area contributed by atoms with Crippen molar-refractivity contribution in [1.82, 2.24) is 5.32 Å². The normalized spacial score (nSPS) is 10.9. The first-order valence-corrected chi connectivity index (χ1v) is 8.12. The third kappa shape index (κ3) is 4.70. The Labute approximate surface area is 120 Å². The van der Waals surface area contributed by atoms with Gasteiger partial charge < -0.3 is 5.32 Å². The van der Waals surface area contributed by atoms with Gasteiger partial charge in [-0.2, -0.15) is 0 Å². The van der Waals surface area contributed by atoms with Gasteiger partial charge in [-0.3, -0.25) is 9.10 Å². The Bertz CT molecular complexity index is 582. The minimum Gasteiger partial charge on any atom is -0.353 e. The zero-order valence-corrected chi connectivity index (χ0v) is 12.6. The maximum absolute atomic E-state index is 11.9. The van der Waals surface area contributed by atoms with E-state index in [2.05, 4.69) is 11.9 Å². The Kier molecular flexibility index (Phi) is 5.76. The quantitative estimate of drug-likeness (QED) is 0.775. The van der Waals surface area contributed by atoms with E-state index in [1.165, 1.54) is 4.31 Å². The number of para-hydroxylation sites is 1. The highest BCUT2D eigenvalue weighted by Crippen LogP contribution is 2.22. The van der Waals surface area contributed by atoms with Crippen molar-refractivity contribution in [3.05, 3.63) is 42.5 Å². The second-order valence-corrected chi connectivity index (χ2v) is 6.37. The van der Waals surface area contributed by atoms with Crippen LogP contribution in [-0.4, -0.2) is 33.7 Å². The van der Waals surface area contributed by atoms with Gasteiger partial charge in [0.2, 0.25) is 15.9 Å². The molecule has 0 aliphatic heterocycles. The van der Waals surface area contributed by atoms with Crippen molar-refractivity contribution in [2.75, 3.05) is 23.7 Å². The highest BCUT2D eigenvalue weighted by molar-refractivity contribution is 7.92. The van der Waals surface area contributed by atoms with Crippen LogP contribution in [0.15, 0.2) is 36.9 Å². The van der Waals surface area contributed by atoms with Gasteiger partial charge in [0, 0.05) is 19.5 Å². The molecule has 1 aromatic carbocycles. The lowest BCUT2D eigenvalue weighted by Gasteiger charge is -2.23. The molecule has 6 heteroatoms. The molecule has 0 atom stereocenters. The van der Waals surface area contributed by atoms with Gasteiger partial charge in [-0.25, -0.2) is 8.42 Å². The lowest BCUT2D eigenvalue weighted by Crippen LogP contribution is -2.35. The summed E-state index contributed by atoms with van der Waals surface area (Å²) in [5, 5.41) is 2.63. The lowest BCUT2D eigenvalue weighted by molar-refractivity contribution is -0.120. The number of nitrogens with one attached hydrogen (secondary N) is 1. The Morgan fingerprint density at radius 3 is 2.60 bits per heavy atom. The SMILES string of the molecule is C=CCNC(=O)CCN(c1ccccc1C)S(C)(=O)=O. The Hall–Kier alpha value is -1.82. The predicted molar refractivity (Wildman–Crippen MR) is 81.2 cm³/mol. The molecule has 0 heterocycles. The van der Waals surface area contributed by atoms with Gasteiger partial charge in [0.25, 0.3) is 0 Å². The molecule has 1 aromatic rings. The summed E-state index contributed by atoms with van der Waals surface area (Å²) >= 11 is 0. The molecule has 0 saturated heterocycles. The molecule has 1 rings (SSSR count). The van der Waals surface area contributed by atoms with Crippen LogP contribution in [0.3, 0.4) is 0 Å². The second-order valence-electron chi connectivity index (χ2n) is 4.46. The smallest absolute Gasteiger partial charge is 0.232 e. The van der Waals surface area contributed by atoms with Crippen LogP contribution < -0.4 is 9.62 Å². The molecule has 110 valence electrons. The van der Waals surface area contributed by atoms with Crippen LogP contribution in [0, 0.1) is 6.92 Å². The van der Waals surface area contributed by atoms with Gasteiger partial charge in [0.1, 0.15) is 0 Å². The van der Waals surface area contributed by atoms with Gasteiger partial charge in [-0.1, -0.05) is 24.3 Å². The number of rotatable bonds is 7. The summed E-state index contributed by atoms with van der Waals surface area (Å²) in [5.41, 5.74) is 1.45. The molecule has 0 fully saturated rings. The number of hydrogen-bond acceptors (Lipinski definition) is 3. The van der Waals surface area contributed by atoms with Crippen molar-refractivity contribution < 1.29 is 13.2 Å². The number of anilines is 1. The summed E-state index contributed by atoms with van der Waals surface area (Å²) in [6, 6.07) is 7.19. The number of carbonyl (C=O) groups excluding carboxylic acids is 1. The van der Waals surface area contributed by atoms with Crippen LogP contribution >= 0.6 is 0 Å². The zero-order chi connectivity index (χ0) is 15.2. The van der Waals surface area contributed by atoms with Gasteiger partial charge in [0.05, 0.1) is 11.9 Å². The largest absolute Gasteiger partial charge is 0.353 e. The molecule has 1 amide bonds. The molecule has 0 radical (unpaired) electrons. The molecule has 0 aromatic heterocycles. The standard InChI is InChI=1S/C14H20N2O3S/c1-4-10-15-14(17)9-11-16(20(3,18)19)13-8-6-5-7-12(13)2/h4-8H,1,9-11H2,2-3H3,(H,15,17). The summed E-state index contributed by atoms with van der Waals surface area (Å²) in [6.07, 6.45) is 2.82. The molecule has 0 unspecified atom stereocenters. The Morgan fingerprint density at radius 2 is 2.05 bits per heavy atom. The third-order valence-electron chi connectivity index (χ3n) is 2.77. The average Bonchev–Trinajstić information content (AvgIpc) is 2.37. The van der Waals surface area contributed by atoms with Crippen molar-refractivity contribution in [2.45, 2.75) is 13.3 Å². The van der Waals surface area contributed by atoms with E-state index in [1.54, 1.807) is 18.2 Å². The van der Waals surface area contributed by atoms with E-state index in [9.17, 15) is 13.2 Å². The maximum atomic E-state index is 11.9. The first-order valence-electron chi connectivity index (χ1n) is 6.27. The summed E-state index contributed by atoms with van der Waals surface area (Å²) < 4.78 is 25.0. The predicted octanol–water partition coefficient (Wildman–Crippen LogP) is 1.45. The fraction of sp³-hybridized carbons (Fsp3) is 0.357. The average molecular weight is 296 g/mol. The lowest BCUT2D eigenvalue weighted by atomic mass is 10.2. The Morgan fingerprint density at radius 1 is 1.40 bits per heavy atom. The summed E-state index contributed by atoms with van der Waals surface area (Å²) in [5.74, 6) is -0.202. The summed E-state index contributed by atoms with van der Waals surface area (Å²) in [6.45, 7) is 5.84. The van der Waals surface area contributed by atoms with Crippen molar-refractivity contribution in [1.29, 1.82) is 0 Å².